The van der Waals surface area contributed by atoms with Gasteiger partial charge in [0.1, 0.15) is 0 Å². The van der Waals surface area contributed by atoms with E-state index in [9.17, 15) is 18.0 Å². The molecule has 42 heavy (non-hydrogen) atoms. The highest BCUT2D eigenvalue weighted by atomic mass is 35.5. The van der Waals surface area contributed by atoms with Crippen molar-refractivity contribution in [1.29, 1.82) is 0 Å². The Bertz CT molecular complexity index is 1510. The van der Waals surface area contributed by atoms with E-state index in [1.165, 1.54) is 25.4 Å². The number of rotatable bonds is 7. The van der Waals surface area contributed by atoms with E-state index in [-0.39, 0.29) is 17.6 Å². The number of anilines is 1. The highest BCUT2D eigenvalue weighted by Crippen LogP contribution is 2.37. The summed E-state index contributed by atoms with van der Waals surface area (Å²) in [5.41, 5.74) is 2.30. The first-order chi connectivity index (χ1) is 20.1. The molecule has 1 unspecified atom stereocenters. The fraction of sp³-hybridized carbons (Fsp3) is 0.290. The van der Waals surface area contributed by atoms with E-state index in [1.807, 2.05) is 35.2 Å². The number of hydrogen-bond acceptors (Lipinski definition) is 3. The third kappa shape index (κ3) is 6.91. The van der Waals surface area contributed by atoms with Crippen molar-refractivity contribution in [3.63, 3.8) is 0 Å². The summed E-state index contributed by atoms with van der Waals surface area (Å²) in [4.78, 5) is 24.8. The van der Waals surface area contributed by atoms with Crippen LogP contribution in [0.5, 0.6) is 0 Å². The van der Waals surface area contributed by atoms with Gasteiger partial charge in [0.25, 0.3) is 0 Å². The van der Waals surface area contributed by atoms with Crippen molar-refractivity contribution < 1.29 is 18.0 Å². The molecule has 0 saturated carbocycles. The van der Waals surface area contributed by atoms with Gasteiger partial charge >= 0.3 is 12.2 Å². The number of alkyl halides is 3. The summed E-state index contributed by atoms with van der Waals surface area (Å²) in [7, 11) is 0. The minimum atomic E-state index is -4.45. The number of carbonyl (C=O) groups excluding carboxylic acids is 1. The summed E-state index contributed by atoms with van der Waals surface area (Å²) in [6, 6.07) is 18.3. The van der Waals surface area contributed by atoms with Gasteiger partial charge in [0, 0.05) is 37.6 Å². The van der Waals surface area contributed by atoms with E-state index in [1.54, 1.807) is 30.5 Å². The van der Waals surface area contributed by atoms with Gasteiger partial charge in [-0.1, -0.05) is 65.7 Å². The van der Waals surface area contributed by atoms with Crippen LogP contribution in [-0.4, -0.2) is 44.9 Å². The predicted octanol–water partition coefficient (Wildman–Crippen LogP) is 8.33. The highest BCUT2D eigenvalue weighted by Gasteiger charge is 2.36. The van der Waals surface area contributed by atoms with Gasteiger partial charge in [0.05, 0.1) is 33.7 Å². The molecule has 1 saturated heterocycles. The van der Waals surface area contributed by atoms with E-state index in [4.69, 9.17) is 23.2 Å². The minimum absolute atomic E-state index is 0.101. The Hall–Kier alpha value is -3.53. The number of imidazole rings is 1. The lowest BCUT2D eigenvalue weighted by Crippen LogP contribution is -2.49. The molecule has 5 rings (SSSR count). The largest absolute Gasteiger partial charge is 0.416 e. The SMILES string of the molecule is Cc1ccc(C(c2cnc[nH]2)N2CCC(N(Cc3ccccc3)C(=O)Nc3ccc(Cl)c(Cl)c3)CC2)cc1C(F)(F)F. The molecule has 0 aliphatic carbocycles. The van der Waals surface area contributed by atoms with Crippen LogP contribution in [0.4, 0.5) is 23.7 Å². The molecule has 1 aliphatic rings. The molecule has 1 aromatic heterocycles. The fourth-order valence-electron chi connectivity index (χ4n) is 5.49. The van der Waals surface area contributed by atoms with Gasteiger partial charge in [-0.25, -0.2) is 9.78 Å². The second kappa shape index (κ2) is 12.8. The summed E-state index contributed by atoms with van der Waals surface area (Å²) < 4.78 is 41.3. The maximum absolute atomic E-state index is 13.8. The topological polar surface area (TPSA) is 64.3 Å². The van der Waals surface area contributed by atoms with Crippen LogP contribution in [0.3, 0.4) is 0 Å². The molecule has 1 atom stereocenters. The number of urea groups is 1. The minimum Gasteiger partial charge on any atom is -0.347 e. The molecule has 1 aliphatic heterocycles. The fourth-order valence-corrected chi connectivity index (χ4v) is 5.79. The molecule has 0 bridgehead atoms. The number of piperidine rings is 1. The van der Waals surface area contributed by atoms with E-state index in [2.05, 4.69) is 20.2 Å². The van der Waals surface area contributed by atoms with Gasteiger partial charge in [-0.15, -0.1) is 0 Å². The Balaban J connectivity index is 1.37. The molecule has 0 spiro atoms. The molecular weight excluding hydrogens is 586 g/mol. The van der Waals surface area contributed by atoms with Gasteiger partial charge in [0.15, 0.2) is 0 Å². The van der Waals surface area contributed by atoms with Gasteiger partial charge in [-0.3, -0.25) is 4.90 Å². The van der Waals surface area contributed by atoms with Gasteiger partial charge in [-0.05, 0) is 60.7 Å². The van der Waals surface area contributed by atoms with Crippen molar-refractivity contribution >= 4 is 34.9 Å². The van der Waals surface area contributed by atoms with Crippen molar-refractivity contribution in [2.24, 2.45) is 0 Å². The molecule has 2 N–H and O–H groups in total. The summed E-state index contributed by atoms with van der Waals surface area (Å²) in [5, 5.41) is 3.68. The zero-order chi connectivity index (χ0) is 29.9. The number of amides is 2. The maximum atomic E-state index is 13.8. The summed E-state index contributed by atoms with van der Waals surface area (Å²) in [5.74, 6) is 0. The third-order valence-corrected chi connectivity index (χ3v) is 8.37. The lowest BCUT2D eigenvalue weighted by Gasteiger charge is -2.41. The van der Waals surface area contributed by atoms with Crippen molar-refractivity contribution in [2.75, 3.05) is 18.4 Å². The molecule has 0 radical (unpaired) electrons. The van der Waals surface area contributed by atoms with E-state index < -0.39 is 17.8 Å². The lowest BCUT2D eigenvalue weighted by atomic mass is 9.94. The Kier molecular flexibility index (Phi) is 9.11. The zero-order valence-electron chi connectivity index (χ0n) is 22.8. The van der Waals surface area contributed by atoms with E-state index in [0.717, 1.165) is 5.56 Å². The van der Waals surface area contributed by atoms with Crippen LogP contribution in [0.25, 0.3) is 0 Å². The predicted molar refractivity (Wildman–Crippen MR) is 159 cm³/mol. The monoisotopic (exact) mass is 615 g/mol. The number of likely N-dealkylation sites (tertiary alicyclic amines) is 1. The number of H-pyrrole nitrogens is 1. The van der Waals surface area contributed by atoms with E-state index >= 15 is 0 Å². The molecule has 4 aromatic rings. The third-order valence-electron chi connectivity index (χ3n) is 7.63. The number of aryl methyl sites for hydroxylation is 1. The Morgan fingerprint density at radius 1 is 1.07 bits per heavy atom. The molecule has 2 amide bonds. The number of carbonyl (C=O) groups is 1. The van der Waals surface area contributed by atoms with Crippen LogP contribution in [0.15, 0.2) is 79.3 Å². The van der Waals surface area contributed by atoms with Gasteiger partial charge in [-0.2, -0.15) is 13.2 Å². The molecule has 220 valence electrons. The molecule has 11 heteroatoms. The van der Waals surface area contributed by atoms with Crippen molar-refractivity contribution in [3.05, 3.63) is 117 Å². The lowest BCUT2D eigenvalue weighted by molar-refractivity contribution is -0.138. The van der Waals surface area contributed by atoms with E-state index in [0.29, 0.717) is 59.5 Å². The number of aromatic amines is 1. The number of halogens is 5. The number of nitrogens with zero attached hydrogens (tertiary/aromatic N) is 3. The first kappa shape index (κ1) is 29.9. The van der Waals surface area contributed by atoms with Crippen LogP contribution >= 0.6 is 23.2 Å². The van der Waals surface area contributed by atoms with Crippen LogP contribution in [0.1, 0.15) is 46.8 Å². The Morgan fingerprint density at radius 2 is 1.81 bits per heavy atom. The maximum Gasteiger partial charge on any atom is 0.416 e. The number of nitrogens with one attached hydrogen (secondary N) is 2. The number of benzene rings is 3. The molecule has 2 heterocycles. The van der Waals surface area contributed by atoms with Crippen LogP contribution in [0.2, 0.25) is 10.0 Å². The van der Waals surface area contributed by atoms with Gasteiger partial charge < -0.3 is 15.2 Å². The van der Waals surface area contributed by atoms with Crippen molar-refractivity contribution in [3.8, 4) is 0 Å². The van der Waals surface area contributed by atoms with Crippen molar-refractivity contribution in [2.45, 2.75) is 44.6 Å². The summed E-state index contributed by atoms with van der Waals surface area (Å²) >= 11 is 12.2. The first-order valence-electron chi connectivity index (χ1n) is 13.6. The summed E-state index contributed by atoms with van der Waals surface area (Å²) in [6.45, 7) is 2.99. The number of aromatic nitrogens is 2. The molecular formula is C31H30Cl2F3N5O. The molecule has 6 nitrogen and oxygen atoms in total. The Morgan fingerprint density at radius 3 is 2.45 bits per heavy atom. The van der Waals surface area contributed by atoms with Crippen LogP contribution in [0, 0.1) is 6.92 Å². The quantitative estimate of drug-likeness (QED) is 0.220. The molecule has 3 aromatic carbocycles. The standard InChI is InChI=1S/C31H30Cl2F3N5O/c1-20-7-8-22(15-25(20)31(34,35)36)29(28-17-37-19-38-28)40-13-11-24(12-14-40)41(18-21-5-3-2-4-6-21)30(42)39-23-9-10-26(32)27(33)16-23/h2-10,15-17,19,24,29H,11-14,18H2,1H3,(H,37,38)(H,39,42). The Labute approximate surface area is 252 Å². The molecule has 1 fully saturated rings. The van der Waals surface area contributed by atoms with Crippen molar-refractivity contribution in [1.82, 2.24) is 19.8 Å². The average Bonchev–Trinajstić information content (AvgIpc) is 3.49. The second-order valence-corrected chi connectivity index (χ2v) is 11.2. The smallest absolute Gasteiger partial charge is 0.347 e. The van der Waals surface area contributed by atoms with Crippen LogP contribution in [-0.2, 0) is 12.7 Å². The number of hydrogen-bond donors (Lipinski definition) is 2. The summed E-state index contributed by atoms with van der Waals surface area (Å²) in [6.07, 6.45) is -0.0150. The average molecular weight is 617 g/mol. The second-order valence-electron chi connectivity index (χ2n) is 10.4. The van der Waals surface area contributed by atoms with Gasteiger partial charge in [0.2, 0.25) is 0 Å². The zero-order valence-corrected chi connectivity index (χ0v) is 24.3. The normalized spacial score (nSPS) is 15.4. The highest BCUT2D eigenvalue weighted by molar-refractivity contribution is 6.42. The first-order valence-corrected chi connectivity index (χ1v) is 14.3. The van der Waals surface area contributed by atoms with Crippen LogP contribution < -0.4 is 5.32 Å².